The number of anilines is 1. The first-order valence-corrected chi connectivity index (χ1v) is 16.5. The highest BCUT2D eigenvalue weighted by molar-refractivity contribution is 6.99. The normalized spacial score (nSPS) is 17.6. The molecule has 0 amide bonds. The molecule has 1 fully saturated rings. The summed E-state index contributed by atoms with van der Waals surface area (Å²) in [5.41, 5.74) is 0.436. The van der Waals surface area contributed by atoms with Crippen molar-refractivity contribution < 1.29 is 22.7 Å². The van der Waals surface area contributed by atoms with Gasteiger partial charge < -0.3 is 14.1 Å². The number of rotatable bonds is 8. The molecule has 3 aromatic carbocycles. The maximum atomic E-state index is 16.3. The van der Waals surface area contributed by atoms with Crippen molar-refractivity contribution in [2.24, 2.45) is 0 Å². The Morgan fingerprint density at radius 1 is 0.907 bits per heavy atom. The summed E-state index contributed by atoms with van der Waals surface area (Å²) in [4.78, 5) is 19.2. The molecule has 8 heteroatoms. The average Bonchev–Trinajstić information content (AvgIpc) is 2.99. The second-order valence-electron chi connectivity index (χ2n) is 12.2. The van der Waals surface area contributed by atoms with Gasteiger partial charge in [-0.2, -0.15) is 0 Å². The molecule has 4 aromatic rings. The predicted molar refractivity (Wildman–Crippen MR) is 169 cm³/mol. The van der Waals surface area contributed by atoms with Crippen molar-refractivity contribution in [1.82, 2.24) is 4.98 Å². The van der Waals surface area contributed by atoms with E-state index in [1.165, 1.54) is 30.6 Å². The molecule has 1 aliphatic heterocycles. The van der Waals surface area contributed by atoms with Crippen LogP contribution in [0.3, 0.4) is 0 Å². The molecule has 0 bridgehead atoms. The fraction of sp³-hybridized carbons (Fsp3) is 0.314. The number of morpholine rings is 1. The number of nitrogens with zero attached hydrogens (tertiary/aromatic N) is 2. The van der Waals surface area contributed by atoms with Crippen LogP contribution >= 0.6 is 0 Å². The van der Waals surface area contributed by atoms with E-state index in [0.29, 0.717) is 18.7 Å². The molecule has 1 saturated heterocycles. The van der Waals surface area contributed by atoms with Crippen LogP contribution in [0.1, 0.15) is 56.1 Å². The molecular weight excluding hydrogens is 562 g/mol. The lowest BCUT2D eigenvalue weighted by Gasteiger charge is -2.43. The van der Waals surface area contributed by atoms with Crippen LogP contribution in [0.25, 0.3) is 0 Å². The summed E-state index contributed by atoms with van der Waals surface area (Å²) >= 11 is 0. The van der Waals surface area contributed by atoms with Gasteiger partial charge in [0.25, 0.3) is 8.32 Å². The Labute approximate surface area is 253 Å². The third-order valence-electron chi connectivity index (χ3n) is 8.04. The van der Waals surface area contributed by atoms with Crippen LogP contribution in [0.15, 0.2) is 91.3 Å². The third kappa shape index (κ3) is 6.05. The molecule has 0 N–H and O–H groups in total. The van der Waals surface area contributed by atoms with Gasteiger partial charge in [0.1, 0.15) is 0 Å². The molecule has 5 nitrogen and oxygen atoms in total. The van der Waals surface area contributed by atoms with Crippen LogP contribution in [0.5, 0.6) is 0 Å². The molecule has 0 unspecified atom stereocenters. The fourth-order valence-corrected chi connectivity index (χ4v) is 10.8. The van der Waals surface area contributed by atoms with Crippen LogP contribution < -0.4 is 15.3 Å². The molecular formula is C35H38F2N2O3Si. The first-order chi connectivity index (χ1) is 20.5. The summed E-state index contributed by atoms with van der Waals surface area (Å²) in [6.07, 6.45) is 2.54. The van der Waals surface area contributed by atoms with Gasteiger partial charge in [-0.1, -0.05) is 81.4 Å². The van der Waals surface area contributed by atoms with Crippen LogP contribution in [0.4, 0.5) is 14.5 Å². The highest BCUT2D eigenvalue weighted by atomic mass is 28.4. The number of halogens is 2. The lowest BCUT2D eigenvalue weighted by atomic mass is 9.99. The Bertz CT molecular complexity index is 1510. The van der Waals surface area contributed by atoms with E-state index in [2.05, 4.69) is 50.0 Å². The number of carbonyl (C=O) groups excluding carboxylic acids is 1. The summed E-state index contributed by atoms with van der Waals surface area (Å²) < 4.78 is 45.1. The minimum atomic E-state index is -3.02. The van der Waals surface area contributed by atoms with Crippen molar-refractivity contribution in [1.29, 1.82) is 0 Å². The van der Waals surface area contributed by atoms with E-state index in [4.69, 9.17) is 9.16 Å². The monoisotopic (exact) mass is 600 g/mol. The molecule has 0 spiro atoms. The van der Waals surface area contributed by atoms with E-state index in [1.807, 2.05) is 55.1 Å². The summed E-state index contributed by atoms with van der Waals surface area (Å²) in [6.45, 7) is 11.1. The summed E-state index contributed by atoms with van der Waals surface area (Å²) in [6, 6.07) is 24.7. The third-order valence-corrected chi connectivity index (χ3v) is 13.0. The Morgan fingerprint density at radius 3 is 1.95 bits per heavy atom. The highest BCUT2D eigenvalue weighted by Gasteiger charge is 2.50. The highest BCUT2D eigenvalue weighted by Crippen LogP contribution is 2.39. The molecule has 224 valence electrons. The first kappa shape index (κ1) is 30.7. The van der Waals surface area contributed by atoms with Crippen LogP contribution in [-0.4, -0.2) is 44.4 Å². The van der Waals surface area contributed by atoms with Crippen molar-refractivity contribution in [3.8, 4) is 0 Å². The standard InChI is InChI=1S/C35H38F2N2O3Si/c1-24-21-39(22-25(2)42-24)33-27(20-30(31(36)32(33)37)34(40)26-16-18-38-19-17-26)23-41-43(35(3,4)5,28-12-8-6-9-13-28)29-14-10-7-11-15-29/h6-20,24-25H,21-23H2,1-5H3/t24-,25+. The lowest BCUT2D eigenvalue weighted by Crippen LogP contribution is -2.66. The smallest absolute Gasteiger partial charge is 0.261 e. The summed E-state index contributed by atoms with van der Waals surface area (Å²) in [5, 5.41) is 1.81. The van der Waals surface area contributed by atoms with Gasteiger partial charge in [0.2, 0.25) is 0 Å². The lowest BCUT2D eigenvalue weighted by molar-refractivity contribution is -0.00553. The topological polar surface area (TPSA) is 51.7 Å². The number of ether oxygens (including phenoxy) is 1. The Hall–Kier alpha value is -3.72. The maximum absolute atomic E-state index is 16.3. The largest absolute Gasteiger partial charge is 0.403 e. The molecule has 0 aliphatic carbocycles. The molecule has 2 atom stereocenters. The first-order valence-electron chi connectivity index (χ1n) is 14.6. The zero-order valence-corrected chi connectivity index (χ0v) is 26.3. The number of carbonyl (C=O) groups is 1. The van der Waals surface area contributed by atoms with E-state index in [-0.39, 0.29) is 40.7 Å². The van der Waals surface area contributed by atoms with Crippen molar-refractivity contribution in [2.45, 2.75) is 58.5 Å². The van der Waals surface area contributed by atoms with E-state index in [0.717, 1.165) is 10.4 Å². The van der Waals surface area contributed by atoms with Gasteiger partial charge in [0.05, 0.1) is 30.1 Å². The molecule has 2 heterocycles. The van der Waals surface area contributed by atoms with E-state index >= 15 is 8.78 Å². The second kappa shape index (κ2) is 12.5. The quantitative estimate of drug-likeness (QED) is 0.176. The van der Waals surface area contributed by atoms with Crippen LogP contribution in [0, 0.1) is 11.6 Å². The number of ketones is 1. The fourth-order valence-electron chi connectivity index (χ4n) is 6.25. The molecule has 1 aromatic heterocycles. The van der Waals surface area contributed by atoms with Gasteiger partial charge in [-0.25, -0.2) is 8.78 Å². The van der Waals surface area contributed by atoms with Gasteiger partial charge in [-0.15, -0.1) is 0 Å². The Morgan fingerprint density at radius 2 is 1.44 bits per heavy atom. The number of benzene rings is 3. The van der Waals surface area contributed by atoms with Crippen LogP contribution in [0.2, 0.25) is 5.04 Å². The number of hydrogen-bond acceptors (Lipinski definition) is 5. The molecule has 5 rings (SSSR count). The van der Waals surface area contributed by atoms with E-state index < -0.39 is 25.7 Å². The van der Waals surface area contributed by atoms with Gasteiger partial charge in [0.15, 0.2) is 17.4 Å². The average molecular weight is 601 g/mol. The SMILES string of the molecule is C[C@@H]1CN(c2c(CO[Si](c3ccccc3)(c3ccccc3)C(C)(C)C)cc(C(=O)c3ccncc3)c(F)c2F)C[C@H](C)O1. The molecule has 0 saturated carbocycles. The van der Waals surface area contributed by atoms with Crippen molar-refractivity contribution in [3.05, 3.63) is 120 Å². The number of hydrogen-bond donors (Lipinski definition) is 0. The molecule has 1 aliphatic rings. The Balaban J connectivity index is 1.68. The van der Waals surface area contributed by atoms with Gasteiger partial charge in [-0.05, 0) is 47.5 Å². The number of aromatic nitrogens is 1. The van der Waals surface area contributed by atoms with Gasteiger partial charge in [0, 0.05) is 36.6 Å². The second-order valence-corrected chi connectivity index (χ2v) is 16.5. The Kier molecular flexibility index (Phi) is 8.92. The minimum Gasteiger partial charge on any atom is -0.403 e. The van der Waals surface area contributed by atoms with Crippen molar-refractivity contribution >= 4 is 30.2 Å². The zero-order chi connectivity index (χ0) is 30.8. The number of pyridine rings is 1. The van der Waals surface area contributed by atoms with Crippen LogP contribution in [-0.2, 0) is 15.8 Å². The summed E-state index contributed by atoms with van der Waals surface area (Å²) in [5.74, 6) is -2.83. The zero-order valence-electron chi connectivity index (χ0n) is 25.3. The van der Waals surface area contributed by atoms with Crippen molar-refractivity contribution in [2.75, 3.05) is 18.0 Å². The van der Waals surface area contributed by atoms with Gasteiger partial charge >= 0.3 is 0 Å². The molecule has 43 heavy (non-hydrogen) atoms. The molecule has 0 radical (unpaired) electrons. The summed E-state index contributed by atoms with van der Waals surface area (Å²) in [7, 11) is -3.02. The maximum Gasteiger partial charge on any atom is 0.261 e. The minimum absolute atomic E-state index is 0.0173. The van der Waals surface area contributed by atoms with Gasteiger partial charge in [-0.3, -0.25) is 9.78 Å². The predicted octanol–water partition coefficient (Wildman–Crippen LogP) is 6.28. The van der Waals surface area contributed by atoms with Crippen molar-refractivity contribution in [3.63, 3.8) is 0 Å². The van der Waals surface area contributed by atoms with E-state index in [1.54, 1.807) is 0 Å². The van der Waals surface area contributed by atoms with E-state index in [9.17, 15) is 4.79 Å².